The van der Waals surface area contributed by atoms with Crippen LogP contribution in [0.1, 0.15) is 39.0 Å². The molecule has 0 radical (unpaired) electrons. The fourth-order valence-electron chi connectivity index (χ4n) is 1.32. The van der Waals surface area contributed by atoms with Crippen LogP contribution in [0.5, 0.6) is 0 Å². The summed E-state index contributed by atoms with van der Waals surface area (Å²) in [6.07, 6.45) is 1.16. The van der Waals surface area contributed by atoms with Crippen LogP contribution in [-0.2, 0) is 21.3 Å². The van der Waals surface area contributed by atoms with Crippen LogP contribution in [-0.4, -0.2) is 15.2 Å². The van der Waals surface area contributed by atoms with Gasteiger partial charge in [0, 0.05) is 21.2 Å². The van der Waals surface area contributed by atoms with Gasteiger partial charge in [0.05, 0.1) is 21.3 Å². The van der Waals surface area contributed by atoms with Gasteiger partial charge in [0.25, 0.3) is 0 Å². The van der Waals surface area contributed by atoms with Crippen molar-refractivity contribution < 1.29 is 9.00 Å². The third kappa shape index (κ3) is 3.98. The van der Waals surface area contributed by atoms with E-state index in [2.05, 4.69) is 20.7 Å². The average molecular weight is 352 g/mol. The molecular weight excluding hydrogens is 334 g/mol. The molecule has 1 aromatic heterocycles. The van der Waals surface area contributed by atoms with Crippen LogP contribution in [0.4, 0.5) is 0 Å². The second-order valence-electron chi connectivity index (χ2n) is 5.32. The smallest absolute Gasteiger partial charge is 0.122 e. The van der Waals surface area contributed by atoms with Gasteiger partial charge in [0.1, 0.15) is 6.29 Å². The summed E-state index contributed by atoms with van der Waals surface area (Å²) in [4.78, 5) is 11.9. The van der Waals surface area contributed by atoms with E-state index in [1.54, 1.807) is 11.3 Å². The van der Waals surface area contributed by atoms with Gasteiger partial charge in [0.2, 0.25) is 0 Å². The molecular formula is C12H18BrNO2S2. The maximum absolute atomic E-state index is 12.2. The Balaban J connectivity index is 3.01. The summed E-state index contributed by atoms with van der Waals surface area (Å²) in [5.41, 5.74) is -0.587. The van der Waals surface area contributed by atoms with Gasteiger partial charge in [-0.3, -0.25) is 0 Å². The van der Waals surface area contributed by atoms with Crippen molar-refractivity contribution in [2.45, 2.75) is 44.4 Å². The molecule has 1 heterocycles. The lowest BCUT2D eigenvalue weighted by atomic mass is 9.98. The number of carbonyl (C=O) groups excluding carboxylic acids is 1. The maximum Gasteiger partial charge on any atom is 0.122 e. The molecule has 1 aromatic rings. The van der Waals surface area contributed by atoms with Crippen molar-refractivity contribution in [3.63, 3.8) is 0 Å². The Bertz CT molecular complexity index is 453. The standard InChI is InChI=1S/C12H18BrNO2S2/c1-11(2,3)18(16)14-12(4,5-6-15)10-7-9(13)8-17-10/h6-8,14H,5H2,1-4H3/t12-,18-/m0/s1. The van der Waals surface area contributed by atoms with Gasteiger partial charge in [-0.1, -0.05) is 0 Å². The molecule has 0 aliphatic carbocycles. The van der Waals surface area contributed by atoms with E-state index in [4.69, 9.17) is 0 Å². The van der Waals surface area contributed by atoms with Crippen LogP contribution in [0.2, 0.25) is 0 Å². The number of nitrogens with one attached hydrogen (secondary N) is 1. The van der Waals surface area contributed by atoms with Crippen molar-refractivity contribution in [1.29, 1.82) is 0 Å². The zero-order valence-electron chi connectivity index (χ0n) is 11.0. The van der Waals surface area contributed by atoms with Gasteiger partial charge in [-0.15, -0.1) is 11.3 Å². The molecule has 1 rings (SSSR count). The van der Waals surface area contributed by atoms with Crippen molar-refractivity contribution in [1.82, 2.24) is 4.72 Å². The third-order valence-corrected chi connectivity index (χ3v) is 6.18. The molecule has 6 heteroatoms. The van der Waals surface area contributed by atoms with E-state index >= 15 is 0 Å². The quantitative estimate of drug-likeness (QED) is 0.826. The fourth-order valence-corrected chi connectivity index (χ4v) is 3.85. The lowest BCUT2D eigenvalue weighted by Gasteiger charge is -2.31. The Hall–Kier alpha value is -0.0400. The number of hydrogen-bond acceptors (Lipinski definition) is 3. The summed E-state index contributed by atoms with van der Waals surface area (Å²) in [7, 11) is -1.22. The predicted octanol–water partition coefficient (Wildman–Crippen LogP) is 3.37. The Kier molecular flexibility index (Phi) is 5.29. The van der Waals surface area contributed by atoms with E-state index in [9.17, 15) is 9.00 Å². The Morgan fingerprint density at radius 3 is 2.44 bits per heavy atom. The molecule has 3 nitrogen and oxygen atoms in total. The molecule has 2 atom stereocenters. The molecule has 102 valence electrons. The second-order valence-corrected chi connectivity index (χ2v) is 9.11. The monoisotopic (exact) mass is 351 g/mol. The molecule has 18 heavy (non-hydrogen) atoms. The highest BCUT2D eigenvalue weighted by molar-refractivity contribution is 9.10. The first-order valence-electron chi connectivity index (χ1n) is 5.57. The van der Waals surface area contributed by atoms with Crippen LogP contribution in [0.25, 0.3) is 0 Å². The van der Waals surface area contributed by atoms with Crippen molar-refractivity contribution in [2.24, 2.45) is 0 Å². The maximum atomic E-state index is 12.2. The molecule has 0 spiro atoms. The van der Waals surface area contributed by atoms with Gasteiger partial charge in [-0.2, -0.15) is 0 Å². The number of carbonyl (C=O) groups is 1. The Labute approximate surface area is 123 Å². The number of aldehydes is 1. The van der Waals surface area contributed by atoms with Crippen LogP contribution in [0.15, 0.2) is 15.9 Å². The summed E-state index contributed by atoms with van der Waals surface area (Å²) in [5, 5.41) is 1.96. The van der Waals surface area contributed by atoms with Gasteiger partial charge < -0.3 is 4.79 Å². The SMILES string of the molecule is CC(C)(C)[S@](=O)N[C@@](C)(CC=O)c1cc(Br)cs1. The van der Waals surface area contributed by atoms with Crippen LogP contribution in [0.3, 0.4) is 0 Å². The molecule has 0 aliphatic heterocycles. The molecule has 0 aliphatic rings. The van der Waals surface area contributed by atoms with Crippen molar-refractivity contribution >= 4 is 44.5 Å². The number of rotatable bonds is 5. The van der Waals surface area contributed by atoms with Crippen LogP contribution < -0.4 is 4.72 Å². The van der Waals surface area contributed by atoms with E-state index in [1.807, 2.05) is 39.1 Å². The molecule has 0 amide bonds. The van der Waals surface area contributed by atoms with Crippen LogP contribution in [0, 0.1) is 0 Å². The first-order valence-corrected chi connectivity index (χ1v) is 8.39. The lowest BCUT2D eigenvalue weighted by Crippen LogP contribution is -2.46. The van der Waals surface area contributed by atoms with Crippen molar-refractivity contribution in [3.8, 4) is 0 Å². The Morgan fingerprint density at radius 1 is 1.44 bits per heavy atom. The topological polar surface area (TPSA) is 46.2 Å². The van der Waals surface area contributed by atoms with Gasteiger partial charge >= 0.3 is 0 Å². The highest BCUT2D eigenvalue weighted by atomic mass is 79.9. The first-order chi connectivity index (χ1) is 8.19. The number of thiophene rings is 1. The zero-order valence-corrected chi connectivity index (χ0v) is 14.2. The van der Waals surface area contributed by atoms with Crippen LogP contribution >= 0.6 is 27.3 Å². The normalized spacial score (nSPS) is 17.2. The summed E-state index contributed by atoms with van der Waals surface area (Å²) in [6.45, 7) is 7.62. The first kappa shape index (κ1) is 16.0. The zero-order chi connectivity index (χ0) is 14.0. The highest BCUT2D eigenvalue weighted by Gasteiger charge is 2.33. The molecule has 1 N–H and O–H groups in total. The van der Waals surface area contributed by atoms with Gasteiger partial charge in [0.15, 0.2) is 0 Å². The van der Waals surface area contributed by atoms with E-state index < -0.39 is 16.5 Å². The average Bonchev–Trinajstić information content (AvgIpc) is 2.64. The fraction of sp³-hybridized carbons (Fsp3) is 0.583. The molecule has 0 saturated heterocycles. The summed E-state index contributed by atoms with van der Waals surface area (Å²) in [5.74, 6) is 0. The Morgan fingerprint density at radius 2 is 2.06 bits per heavy atom. The van der Waals surface area contributed by atoms with E-state index in [0.29, 0.717) is 6.42 Å². The third-order valence-electron chi connectivity index (χ3n) is 2.48. The predicted molar refractivity (Wildman–Crippen MR) is 81.1 cm³/mol. The van der Waals surface area contributed by atoms with Crippen molar-refractivity contribution in [2.75, 3.05) is 0 Å². The second kappa shape index (κ2) is 5.94. The summed E-state index contributed by atoms with van der Waals surface area (Å²) in [6, 6.07) is 1.96. The molecule has 0 fully saturated rings. The number of halogens is 1. The largest absolute Gasteiger partial charge is 0.303 e. The minimum absolute atomic E-state index is 0.293. The summed E-state index contributed by atoms with van der Waals surface area (Å²) < 4.78 is 15.9. The van der Waals surface area contributed by atoms with Crippen molar-refractivity contribution in [3.05, 3.63) is 20.8 Å². The molecule has 0 saturated carbocycles. The van der Waals surface area contributed by atoms with E-state index in [0.717, 1.165) is 15.6 Å². The number of hydrogen-bond donors (Lipinski definition) is 1. The minimum atomic E-state index is -1.22. The van der Waals surface area contributed by atoms with E-state index in [-0.39, 0.29) is 4.75 Å². The van der Waals surface area contributed by atoms with Gasteiger partial charge in [-0.25, -0.2) is 8.93 Å². The molecule has 0 aromatic carbocycles. The minimum Gasteiger partial charge on any atom is -0.303 e. The highest BCUT2D eigenvalue weighted by Crippen LogP contribution is 2.33. The molecule has 0 unspecified atom stereocenters. The van der Waals surface area contributed by atoms with E-state index in [1.165, 1.54) is 0 Å². The van der Waals surface area contributed by atoms with Gasteiger partial charge in [-0.05, 0) is 49.7 Å². The summed E-state index contributed by atoms with van der Waals surface area (Å²) >= 11 is 4.95. The molecule has 0 bridgehead atoms. The lowest BCUT2D eigenvalue weighted by molar-refractivity contribution is -0.108.